The van der Waals surface area contributed by atoms with Gasteiger partial charge < -0.3 is 20.2 Å². The highest BCUT2D eigenvalue weighted by Gasteiger charge is 2.48. The van der Waals surface area contributed by atoms with E-state index in [1.54, 1.807) is 54.6 Å². The van der Waals surface area contributed by atoms with Crippen LogP contribution in [0.25, 0.3) is 0 Å². The number of rotatable bonds is 6. The molecule has 33 heavy (non-hydrogen) atoms. The van der Waals surface area contributed by atoms with Crippen LogP contribution in [0.1, 0.15) is 17.5 Å². The molecule has 0 radical (unpaired) electrons. The van der Waals surface area contributed by atoms with Gasteiger partial charge in [0.2, 0.25) is 5.91 Å². The van der Waals surface area contributed by atoms with Crippen LogP contribution in [0.2, 0.25) is 0 Å². The Morgan fingerprint density at radius 1 is 1.00 bits per heavy atom. The molecule has 1 fully saturated rings. The maximum atomic E-state index is 12.8. The van der Waals surface area contributed by atoms with Crippen LogP contribution in [0.15, 0.2) is 60.7 Å². The minimum atomic E-state index is -5.34. The quantitative estimate of drug-likeness (QED) is 0.637. The molecule has 1 saturated heterocycles. The first-order chi connectivity index (χ1) is 15.8. The maximum absolute atomic E-state index is 12.8. The van der Waals surface area contributed by atoms with Crippen LogP contribution in [0.4, 0.5) is 18.0 Å². The fourth-order valence-electron chi connectivity index (χ4n) is 3.27. The molecule has 0 spiro atoms. The first kappa shape index (κ1) is 24.1. The molecule has 2 aromatic carbocycles. The van der Waals surface area contributed by atoms with Crippen LogP contribution in [0.3, 0.4) is 0 Å². The number of halogens is 3. The molecule has 1 aliphatic rings. The topological polar surface area (TPSA) is 97.0 Å². The Morgan fingerprint density at radius 2 is 1.61 bits per heavy atom. The first-order valence-electron chi connectivity index (χ1n) is 10.1. The zero-order valence-electron chi connectivity index (χ0n) is 17.4. The summed E-state index contributed by atoms with van der Waals surface area (Å²) in [5, 5.41) is 5.69. The number of nitrogens with zero attached hydrogens (tertiary/aromatic N) is 1. The lowest BCUT2D eigenvalue weighted by Crippen LogP contribution is -2.54. The Balaban J connectivity index is 1.72. The summed E-state index contributed by atoms with van der Waals surface area (Å²) in [6.07, 6.45) is -6.59. The Bertz CT molecular complexity index is 957. The third kappa shape index (κ3) is 6.69. The predicted molar refractivity (Wildman–Crippen MR) is 109 cm³/mol. The van der Waals surface area contributed by atoms with Gasteiger partial charge in [0, 0.05) is 6.54 Å². The minimum absolute atomic E-state index is 0.0645. The van der Waals surface area contributed by atoms with Gasteiger partial charge in [-0.25, -0.2) is 9.59 Å². The van der Waals surface area contributed by atoms with Crippen LogP contribution in [-0.2, 0) is 32.3 Å². The summed E-state index contributed by atoms with van der Waals surface area (Å²) in [4.78, 5) is 41.2. The molecule has 0 bridgehead atoms. The van der Waals surface area contributed by atoms with E-state index in [4.69, 9.17) is 4.74 Å². The molecule has 0 aromatic heterocycles. The molecule has 2 aromatic rings. The van der Waals surface area contributed by atoms with Crippen LogP contribution in [0, 0.1) is 0 Å². The third-order valence-electron chi connectivity index (χ3n) is 4.88. The number of hydrogen-bond acceptors (Lipinski definition) is 6. The molecule has 2 N–H and O–H groups in total. The number of amides is 2. The monoisotopic (exact) mass is 465 g/mol. The zero-order chi connectivity index (χ0) is 23.8. The zero-order valence-corrected chi connectivity index (χ0v) is 17.4. The largest absolute Gasteiger partial charge is 0.493 e. The van der Waals surface area contributed by atoms with Crippen molar-refractivity contribution in [2.75, 3.05) is 6.54 Å². The van der Waals surface area contributed by atoms with Gasteiger partial charge in [0.15, 0.2) is 0 Å². The summed E-state index contributed by atoms with van der Waals surface area (Å²) >= 11 is 0. The number of ether oxygens (including phenoxy) is 1. The highest BCUT2D eigenvalue weighted by molar-refractivity contribution is 5.84. The minimum Gasteiger partial charge on any atom is -0.442 e. The molecule has 176 valence electrons. The number of alkyl halides is 3. The van der Waals surface area contributed by atoms with E-state index >= 15 is 0 Å². The number of hydrogen-bond donors (Lipinski definition) is 2. The SMILES string of the molecule is O=C(NCc1ccccc1)[C@@H]1NCC[C@@H]1N(OC(=O)C(F)(F)F)C(=O)OCc1ccccc1. The molecule has 1 heterocycles. The fourth-order valence-corrected chi connectivity index (χ4v) is 3.27. The second kappa shape index (κ2) is 10.8. The highest BCUT2D eigenvalue weighted by Crippen LogP contribution is 2.23. The van der Waals surface area contributed by atoms with Crippen molar-refractivity contribution < 1.29 is 37.1 Å². The van der Waals surface area contributed by atoms with Crippen LogP contribution in [-0.4, -0.2) is 47.8 Å². The van der Waals surface area contributed by atoms with Crippen molar-refractivity contribution in [2.24, 2.45) is 0 Å². The van der Waals surface area contributed by atoms with Gasteiger partial charge in [-0.05, 0) is 24.1 Å². The molecule has 3 rings (SSSR count). The second-order valence-electron chi connectivity index (χ2n) is 7.23. The predicted octanol–water partition coefficient (Wildman–Crippen LogP) is 2.69. The van der Waals surface area contributed by atoms with E-state index in [-0.39, 0.29) is 31.2 Å². The van der Waals surface area contributed by atoms with E-state index in [0.717, 1.165) is 5.56 Å². The van der Waals surface area contributed by atoms with Gasteiger partial charge in [0.1, 0.15) is 12.6 Å². The number of nitrogens with one attached hydrogen (secondary N) is 2. The van der Waals surface area contributed by atoms with E-state index in [1.165, 1.54) is 0 Å². The molecule has 2 atom stereocenters. The van der Waals surface area contributed by atoms with Crippen LogP contribution >= 0.6 is 0 Å². The summed E-state index contributed by atoms with van der Waals surface area (Å²) in [6, 6.07) is 15.1. The van der Waals surface area contributed by atoms with Crippen molar-refractivity contribution in [3.63, 3.8) is 0 Å². The average molecular weight is 465 g/mol. The summed E-state index contributed by atoms with van der Waals surface area (Å²) in [6.45, 7) is 0.121. The molecule has 11 heteroatoms. The van der Waals surface area contributed by atoms with Crippen molar-refractivity contribution in [1.29, 1.82) is 0 Å². The van der Waals surface area contributed by atoms with Gasteiger partial charge in [0.05, 0.1) is 6.04 Å². The van der Waals surface area contributed by atoms with Crippen LogP contribution < -0.4 is 10.6 Å². The lowest BCUT2D eigenvalue weighted by molar-refractivity contribution is -0.237. The lowest BCUT2D eigenvalue weighted by atomic mass is 10.1. The van der Waals surface area contributed by atoms with Gasteiger partial charge >= 0.3 is 18.2 Å². The van der Waals surface area contributed by atoms with E-state index in [1.807, 2.05) is 6.07 Å². The summed E-state index contributed by atoms with van der Waals surface area (Å²) in [7, 11) is 0. The van der Waals surface area contributed by atoms with Crippen molar-refractivity contribution in [3.8, 4) is 0 Å². The summed E-state index contributed by atoms with van der Waals surface area (Å²) in [5.74, 6) is -3.15. The molecule has 0 saturated carbocycles. The molecule has 8 nitrogen and oxygen atoms in total. The molecule has 0 aliphatic carbocycles. The van der Waals surface area contributed by atoms with E-state index in [2.05, 4.69) is 15.5 Å². The number of carbonyl (C=O) groups is 3. The summed E-state index contributed by atoms with van der Waals surface area (Å²) in [5.41, 5.74) is 1.39. The smallest absolute Gasteiger partial charge is 0.442 e. The number of benzene rings is 2. The molecule has 2 amide bonds. The van der Waals surface area contributed by atoms with Crippen molar-refractivity contribution >= 4 is 18.0 Å². The molecular formula is C22H22F3N3O5. The van der Waals surface area contributed by atoms with Crippen LogP contribution in [0.5, 0.6) is 0 Å². The average Bonchev–Trinajstić information content (AvgIpc) is 3.29. The van der Waals surface area contributed by atoms with Crippen molar-refractivity contribution in [3.05, 3.63) is 71.8 Å². The van der Waals surface area contributed by atoms with E-state index in [0.29, 0.717) is 5.56 Å². The molecule has 0 unspecified atom stereocenters. The first-order valence-corrected chi connectivity index (χ1v) is 10.1. The number of hydroxylamine groups is 2. The van der Waals surface area contributed by atoms with Gasteiger partial charge in [-0.3, -0.25) is 4.79 Å². The Kier molecular flexibility index (Phi) is 7.88. The molecular weight excluding hydrogens is 443 g/mol. The van der Waals surface area contributed by atoms with Gasteiger partial charge in [-0.15, -0.1) is 5.06 Å². The van der Waals surface area contributed by atoms with Gasteiger partial charge in [0.25, 0.3) is 0 Å². The van der Waals surface area contributed by atoms with Crippen molar-refractivity contribution in [1.82, 2.24) is 15.7 Å². The standard InChI is InChI=1S/C22H22F3N3O5/c23-22(24,25)20(30)33-28(21(31)32-14-16-9-5-2-6-10-16)17-11-12-26-18(17)19(29)27-13-15-7-3-1-4-8-15/h1-10,17-18,26H,11-14H2,(H,27,29)/t17-,18+/m0/s1. The molecule has 1 aliphatic heterocycles. The Morgan fingerprint density at radius 3 is 2.21 bits per heavy atom. The second-order valence-corrected chi connectivity index (χ2v) is 7.23. The fraction of sp³-hybridized carbons (Fsp3) is 0.318. The highest BCUT2D eigenvalue weighted by atomic mass is 19.4. The van der Waals surface area contributed by atoms with Crippen molar-refractivity contribution in [2.45, 2.75) is 37.8 Å². The Hall–Kier alpha value is -3.60. The van der Waals surface area contributed by atoms with Gasteiger partial charge in [-0.2, -0.15) is 13.2 Å². The summed E-state index contributed by atoms with van der Waals surface area (Å²) < 4.78 is 43.5. The van der Waals surface area contributed by atoms with Gasteiger partial charge in [-0.1, -0.05) is 60.7 Å². The van der Waals surface area contributed by atoms with E-state index < -0.39 is 36.2 Å². The lowest BCUT2D eigenvalue weighted by Gasteiger charge is -2.29. The maximum Gasteiger partial charge on any atom is 0.493 e. The normalized spacial score (nSPS) is 17.8. The Labute approximate surface area is 187 Å². The number of carbonyl (C=O) groups excluding carboxylic acids is 3. The third-order valence-corrected chi connectivity index (χ3v) is 4.88. The van der Waals surface area contributed by atoms with E-state index in [9.17, 15) is 27.6 Å².